The molecule has 20 heavy (non-hydrogen) atoms. The van der Waals surface area contributed by atoms with Gasteiger partial charge in [0.1, 0.15) is 0 Å². The highest BCUT2D eigenvalue weighted by atomic mass is 15.3. The minimum atomic E-state index is 0.714. The summed E-state index contributed by atoms with van der Waals surface area (Å²) in [4.78, 5) is 2.53. The van der Waals surface area contributed by atoms with Crippen molar-refractivity contribution in [3.63, 3.8) is 0 Å². The van der Waals surface area contributed by atoms with Crippen LogP contribution in [0.25, 0.3) is 0 Å². The highest BCUT2D eigenvalue weighted by Gasteiger charge is 2.33. The molecular formula is C16H26N4. The van der Waals surface area contributed by atoms with E-state index in [0.29, 0.717) is 6.04 Å². The van der Waals surface area contributed by atoms with Crippen LogP contribution in [0.5, 0.6) is 0 Å². The van der Waals surface area contributed by atoms with E-state index in [9.17, 15) is 0 Å². The van der Waals surface area contributed by atoms with Crippen molar-refractivity contribution in [2.45, 2.75) is 58.0 Å². The van der Waals surface area contributed by atoms with Crippen LogP contribution in [-0.4, -0.2) is 29.3 Å². The van der Waals surface area contributed by atoms with Gasteiger partial charge in [-0.05, 0) is 50.3 Å². The molecule has 2 unspecified atom stereocenters. The number of nitrogens with zero attached hydrogens (tertiary/aromatic N) is 3. The second-order valence-electron chi connectivity index (χ2n) is 6.11. The summed E-state index contributed by atoms with van der Waals surface area (Å²) < 4.78 is 0. The van der Waals surface area contributed by atoms with Crippen molar-refractivity contribution in [2.75, 3.05) is 18.0 Å². The van der Waals surface area contributed by atoms with Gasteiger partial charge in [-0.1, -0.05) is 19.8 Å². The van der Waals surface area contributed by atoms with Crippen molar-refractivity contribution in [2.24, 2.45) is 5.92 Å². The molecule has 110 valence electrons. The lowest BCUT2D eigenvalue weighted by molar-refractivity contribution is 0.242. The van der Waals surface area contributed by atoms with Crippen LogP contribution in [0.3, 0.4) is 0 Å². The van der Waals surface area contributed by atoms with E-state index in [1.807, 2.05) is 0 Å². The van der Waals surface area contributed by atoms with E-state index in [0.717, 1.165) is 37.1 Å². The highest BCUT2D eigenvalue weighted by molar-refractivity contribution is 5.40. The third kappa shape index (κ3) is 2.95. The normalized spacial score (nSPS) is 26.4. The summed E-state index contributed by atoms with van der Waals surface area (Å²) >= 11 is 0. The van der Waals surface area contributed by atoms with Gasteiger partial charge in [0.05, 0.1) is 5.69 Å². The Bertz CT molecular complexity index is 415. The van der Waals surface area contributed by atoms with Gasteiger partial charge in [0, 0.05) is 19.1 Å². The molecule has 1 saturated carbocycles. The fraction of sp³-hybridized carbons (Fsp3) is 0.750. The van der Waals surface area contributed by atoms with Gasteiger partial charge < -0.3 is 10.2 Å². The van der Waals surface area contributed by atoms with Crippen LogP contribution in [0.1, 0.15) is 51.1 Å². The third-order valence-corrected chi connectivity index (χ3v) is 4.80. The molecule has 1 aromatic heterocycles. The molecule has 0 spiro atoms. The first-order valence-corrected chi connectivity index (χ1v) is 8.18. The lowest BCUT2D eigenvalue weighted by Gasteiger charge is -2.44. The predicted molar refractivity (Wildman–Crippen MR) is 81.7 cm³/mol. The number of aromatic nitrogens is 2. The number of hydrogen-bond acceptors (Lipinski definition) is 4. The van der Waals surface area contributed by atoms with E-state index in [2.05, 4.69) is 39.5 Å². The quantitative estimate of drug-likeness (QED) is 0.916. The molecule has 0 radical (unpaired) electrons. The highest BCUT2D eigenvalue weighted by Crippen LogP contribution is 2.36. The van der Waals surface area contributed by atoms with E-state index in [1.165, 1.54) is 38.5 Å². The van der Waals surface area contributed by atoms with Gasteiger partial charge in [0.2, 0.25) is 0 Å². The van der Waals surface area contributed by atoms with Crippen molar-refractivity contribution < 1.29 is 0 Å². The molecular weight excluding hydrogens is 248 g/mol. The number of nitrogens with one attached hydrogen (secondary N) is 1. The van der Waals surface area contributed by atoms with Gasteiger partial charge in [-0.15, -0.1) is 5.10 Å². The van der Waals surface area contributed by atoms with Crippen molar-refractivity contribution in [3.8, 4) is 0 Å². The van der Waals surface area contributed by atoms with Crippen LogP contribution in [-0.2, 0) is 6.54 Å². The number of hydrogen-bond donors (Lipinski definition) is 1. The fourth-order valence-electron chi connectivity index (χ4n) is 3.76. The fourth-order valence-corrected chi connectivity index (χ4v) is 3.76. The first kappa shape index (κ1) is 13.8. The first-order valence-electron chi connectivity index (χ1n) is 8.18. The van der Waals surface area contributed by atoms with Crippen molar-refractivity contribution >= 4 is 5.82 Å². The van der Waals surface area contributed by atoms with Crippen LogP contribution < -0.4 is 10.2 Å². The summed E-state index contributed by atoms with van der Waals surface area (Å²) in [5.41, 5.74) is 1.04. The number of rotatable bonds is 4. The molecule has 1 aliphatic heterocycles. The average Bonchev–Trinajstić information content (AvgIpc) is 2.53. The van der Waals surface area contributed by atoms with E-state index < -0.39 is 0 Å². The first-order chi connectivity index (χ1) is 9.88. The van der Waals surface area contributed by atoms with Gasteiger partial charge in [0.15, 0.2) is 5.82 Å². The summed E-state index contributed by atoms with van der Waals surface area (Å²) in [6, 6.07) is 5.00. The molecule has 2 heterocycles. The Morgan fingerprint density at radius 3 is 2.80 bits per heavy atom. The minimum absolute atomic E-state index is 0.714. The van der Waals surface area contributed by atoms with Crippen LogP contribution >= 0.6 is 0 Å². The summed E-state index contributed by atoms with van der Waals surface area (Å²) in [6.07, 6.45) is 8.26. The van der Waals surface area contributed by atoms with Gasteiger partial charge in [-0.25, -0.2) is 0 Å². The Morgan fingerprint density at radius 2 is 2.00 bits per heavy atom. The van der Waals surface area contributed by atoms with Crippen molar-refractivity contribution in [1.29, 1.82) is 0 Å². The predicted octanol–water partition coefficient (Wildman–Crippen LogP) is 2.75. The summed E-state index contributed by atoms with van der Waals surface area (Å²) in [5.74, 6) is 1.97. The zero-order chi connectivity index (χ0) is 13.8. The Balaban J connectivity index is 1.70. The van der Waals surface area contributed by atoms with E-state index in [1.54, 1.807) is 0 Å². The molecule has 2 aliphatic rings. The molecule has 1 aliphatic carbocycles. The molecule has 1 aromatic rings. The standard InChI is InChI=1S/C16H26N4/c1-2-17-12-14-9-10-16(19-18-14)20-11-5-7-13-6-3-4-8-15(13)20/h9-10,13,15,17H,2-8,11-12H2,1H3. The Labute approximate surface area is 122 Å². The van der Waals surface area contributed by atoms with Gasteiger partial charge in [-0.3, -0.25) is 0 Å². The lowest BCUT2D eigenvalue weighted by Crippen LogP contribution is -2.47. The van der Waals surface area contributed by atoms with Gasteiger partial charge >= 0.3 is 0 Å². The Kier molecular flexibility index (Phi) is 4.51. The molecule has 0 aromatic carbocycles. The molecule has 0 amide bonds. The van der Waals surface area contributed by atoms with E-state index >= 15 is 0 Å². The molecule has 2 fully saturated rings. The Morgan fingerprint density at radius 1 is 1.15 bits per heavy atom. The smallest absolute Gasteiger partial charge is 0.151 e. The van der Waals surface area contributed by atoms with Gasteiger partial charge in [0.25, 0.3) is 0 Å². The maximum atomic E-state index is 4.48. The number of anilines is 1. The molecule has 4 heteroatoms. The third-order valence-electron chi connectivity index (χ3n) is 4.80. The van der Waals surface area contributed by atoms with Crippen molar-refractivity contribution in [3.05, 3.63) is 17.8 Å². The summed E-state index contributed by atoms with van der Waals surface area (Å²) in [6.45, 7) is 5.05. The second kappa shape index (κ2) is 6.53. The molecule has 4 nitrogen and oxygen atoms in total. The molecule has 1 N–H and O–H groups in total. The monoisotopic (exact) mass is 274 g/mol. The molecule has 1 saturated heterocycles. The number of fused-ring (bicyclic) bond motifs is 1. The minimum Gasteiger partial charge on any atom is -0.352 e. The van der Waals surface area contributed by atoms with E-state index in [4.69, 9.17) is 0 Å². The van der Waals surface area contributed by atoms with E-state index in [-0.39, 0.29) is 0 Å². The maximum Gasteiger partial charge on any atom is 0.151 e. The van der Waals surface area contributed by atoms with Crippen LogP contribution in [0.15, 0.2) is 12.1 Å². The average molecular weight is 274 g/mol. The number of piperidine rings is 1. The summed E-state index contributed by atoms with van der Waals surface area (Å²) in [5, 5.41) is 12.1. The zero-order valence-electron chi connectivity index (χ0n) is 12.5. The van der Waals surface area contributed by atoms with Crippen molar-refractivity contribution in [1.82, 2.24) is 15.5 Å². The maximum absolute atomic E-state index is 4.48. The molecule has 2 atom stereocenters. The zero-order valence-corrected chi connectivity index (χ0v) is 12.5. The lowest BCUT2D eigenvalue weighted by atomic mass is 9.78. The largest absolute Gasteiger partial charge is 0.352 e. The second-order valence-corrected chi connectivity index (χ2v) is 6.11. The van der Waals surface area contributed by atoms with Gasteiger partial charge in [-0.2, -0.15) is 5.10 Å². The van der Waals surface area contributed by atoms with Crippen LogP contribution in [0, 0.1) is 5.92 Å². The topological polar surface area (TPSA) is 41.0 Å². The Hall–Kier alpha value is -1.16. The summed E-state index contributed by atoms with van der Waals surface area (Å²) in [7, 11) is 0. The molecule has 3 rings (SSSR count). The molecule has 0 bridgehead atoms. The van der Waals surface area contributed by atoms with Crippen LogP contribution in [0.4, 0.5) is 5.82 Å². The SMILES string of the molecule is CCNCc1ccc(N2CCCC3CCCCC32)nn1. The van der Waals surface area contributed by atoms with Crippen LogP contribution in [0.2, 0.25) is 0 Å².